The van der Waals surface area contributed by atoms with Gasteiger partial charge in [-0.15, -0.1) is 0 Å². The van der Waals surface area contributed by atoms with Crippen LogP contribution in [0.1, 0.15) is 33.6 Å². The number of hydrogen-bond acceptors (Lipinski definition) is 6. The zero-order valence-electron chi connectivity index (χ0n) is 21.6. The Labute approximate surface area is 242 Å². The van der Waals surface area contributed by atoms with Gasteiger partial charge in [0.05, 0.1) is 34.3 Å². The molecule has 0 bridgehead atoms. The van der Waals surface area contributed by atoms with E-state index in [0.29, 0.717) is 40.7 Å². The van der Waals surface area contributed by atoms with E-state index in [-0.39, 0.29) is 34.8 Å². The minimum Gasteiger partial charge on any atom is -0.454 e. The molecule has 9 heteroatoms. The molecule has 0 saturated carbocycles. The van der Waals surface area contributed by atoms with Gasteiger partial charge in [-0.2, -0.15) is 0 Å². The van der Waals surface area contributed by atoms with Crippen molar-refractivity contribution in [3.05, 3.63) is 106 Å². The third-order valence-electron chi connectivity index (χ3n) is 7.42. The molecule has 6 rings (SSSR count). The SMILES string of the molecule is O=C(COC(=O)c1cc(-c2ccc(N3C(=O)C4CC=CCC4C3=O)cc2)nc2ccc(Br)cc12)c1ccc(F)cc1. The van der Waals surface area contributed by atoms with Gasteiger partial charge in [0.15, 0.2) is 12.4 Å². The highest BCUT2D eigenvalue weighted by Gasteiger charge is 2.47. The zero-order valence-corrected chi connectivity index (χ0v) is 23.1. The Kier molecular flexibility index (Phi) is 7.05. The molecular weight excluding hydrogens is 591 g/mol. The minimum absolute atomic E-state index is 0.188. The van der Waals surface area contributed by atoms with Crippen LogP contribution >= 0.6 is 15.9 Å². The van der Waals surface area contributed by atoms with E-state index in [9.17, 15) is 23.6 Å². The molecule has 1 fully saturated rings. The molecule has 7 nitrogen and oxygen atoms in total. The molecule has 0 radical (unpaired) electrons. The molecule has 2 aliphatic rings. The van der Waals surface area contributed by atoms with Crippen LogP contribution < -0.4 is 4.90 Å². The maximum absolute atomic E-state index is 13.2. The maximum atomic E-state index is 13.2. The summed E-state index contributed by atoms with van der Waals surface area (Å²) in [5, 5.41) is 0.531. The average Bonchev–Trinajstić information content (AvgIpc) is 3.25. The Morgan fingerprint density at radius 3 is 2.22 bits per heavy atom. The summed E-state index contributed by atoms with van der Waals surface area (Å²) < 4.78 is 19.3. The van der Waals surface area contributed by atoms with E-state index in [4.69, 9.17) is 9.72 Å². The van der Waals surface area contributed by atoms with Crippen molar-refractivity contribution in [2.45, 2.75) is 12.8 Å². The highest BCUT2D eigenvalue weighted by atomic mass is 79.9. The number of carbonyl (C=O) groups is 4. The molecule has 1 aliphatic heterocycles. The van der Waals surface area contributed by atoms with Crippen molar-refractivity contribution in [3.8, 4) is 11.3 Å². The molecule has 1 saturated heterocycles. The van der Waals surface area contributed by atoms with Crippen LogP contribution in [0.5, 0.6) is 0 Å². The number of ketones is 1. The van der Waals surface area contributed by atoms with E-state index in [1.807, 2.05) is 12.2 Å². The van der Waals surface area contributed by atoms with Crippen molar-refractivity contribution in [1.29, 1.82) is 0 Å². The Morgan fingerprint density at radius 2 is 1.56 bits per heavy atom. The number of hydrogen-bond donors (Lipinski definition) is 0. The number of nitrogens with zero attached hydrogens (tertiary/aromatic N) is 2. The van der Waals surface area contributed by atoms with Crippen LogP contribution in [0, 0.1) is 17.7 Å². The highest BCUT2D eigenvalue weighted by molar-refractivity contribution is 9.10. The molecule has 41 heavy (non-hydrogen) atoms. The van der Waals surface area contributed by atoms with Crippen LogP contribution in [0.15, 0.2) is 89.4 Å². The summed E-state index contributed by atoms with van der Waals surface area (Å²) in [4.78, 5) is 57.6. The summed E-state index contributed by atoms with van der Waals surface area (Å²) in [7, 11) is 0. The van der Waals surface area contributed by atoms with Gasteiger partial charge in [-0.1, -0.05) is 40.2 Å². The predicted molar refractivity (Wildman–Crippen MR) is 154 cm³/mol. The van der Waals surface area contributed by atoms with Crippen LogP contribution in [0.4, 0.5) is 10.1 Å². The number of fused-ring (bicyclic) bond motifs is 2. The van der Waals surface area contributed by atoms with E-state index in [2.05, 4.69) is 15.9 Å². The van der Waals surface area contributed by atoms with Crippen molar-refractivity contribution in [3.63, 3.8) is 0 Å². The fourth-order valence-corrected chi connectivity index (χ4v) is 5.64. The van der Waals surface area contributed by atoms with Crippen LogP contribution in [0.25, 0.3) is 22.2 Å². The van der Waals surface area contributed by atoms with Gasteiger partial charge < -0.3 is 4.74 Å². The number of Topliss-reactive ketones (excluding diaryl/α,β-unsaturated/α-hetero) is 1. The van der Waals surface area contributed by atoms with E-state index in [1.54, 1.807) is 48.5 Å². The summed E-state index contributed by atoms with van der Waals surface area (Å²) in [6.45, 7) is -0.512. The number of anilines is 1. The Balaban J connectivity index is 1.28. The number of esters is 1. The quantitative estimate of drug-likeness (QED) is 0.110. The smallest absolute Gasteiger partial charge is 0.339 e. The molecule has 0 spiro atoms. The molecule has 2 unspecified atom stereocenters. The van der Waals surface area contributed by atoms with Gasteiger partial charge in [0, 0.05) is 21.0 Å². The summed E-state index contributed by atoms with van der Waals surface area (Å²) in [5.41, 5.74) is 2.60. The second-order valence-electron chi connectivity index (χ2n) is 9.94. The van der Waals surface area contributed by atoms with Crippen LogP contribution in [-0.2, 0) is 14.3 Å². The normalized spacial score (nSPS) is 18.0. The molecule has 2 atom stereocenters. The maximum Gasteiger partial charge on any atom is 0.339 e. The first-order chi connectivity index (χ1) is 19.8. The highest BCUT2D eigenvalue weighted by Crippen LogP contribution is 2.38. The third kappa shape index (κ3) is 5.09. The Hall–Kier alpha value is -4.50. The van der Waals surface area contributed by atoms with Gasteiger partial charge in [0.1, 0.15) is 5.82 Å². The number of rotatable bonds is 6. The molecule has 4 aromatic rings. The second kappa shape index (κ2) is 10.8. The number of carbonyl (C=O) groups excluding carboxylic acids is 4. The first kappa shape index (κ1) is 26.7. The summed E-state index contributed by atoms with van der Waals surface area (Å²) in [6.07, 6.45) is 5.03. The van der Waals surface area contributed by atoms with Crippen molar-refractivity contribution in [1.82, 2.24) is 4.98 Å². The topological polar surface area (TPSA) is 93.6 Å². The number of benzene rings is 3. The van der Waals surface area contributed by atoms with Crippen LogP contribution in [-0.4, -0.2) is 35.2 Å². The van der Waals surface area contributed by atoms with Crippen molar-refractivity contribution in [2.24, 2.45) is 11.8 Å². The number of ether oxygens (including phenoxy) is 1. The molecule has 1 aromatic heterocycles. The van der Waals surface area contributed by atoms with Gasteiger partial charge in [0.25, 0.3) is 0 Å². The van der Waals surface area contributed by atoms with E-state index >= 15 is 0 Å². The van der Waals surface area contributed by atoms with E-state index < -0.39 is 24.2 Å². The Morgan fingerprint density at radius 1 is 0.902 bits per heavy atom. The van der Waals surface area contributed by atoms with Gasteiger partial charge >= 0.3 is 5.97 Å². The molecule has 0 N–H and O–H groups in total. The number of amides is 2. The average molecular weight is 613 g/mol. The van der Waals surface area contributed by atoms with Crippen LogP contribution in [0.2, 0.25) is 0 Å². The number of allylic oxidation sites excluding steroid dienone is 2. The van der Waals surface area contributed by atoms with Gasteiger partial charge in [-0.25, -0.2) is 14.2 Å². The molecular formula is C32H22BrFN2O5. The molecule has 1 aliphatic carbocycles. The number of aromatic nitrogens is 1. The van der Waals surface area contributed by atoms with E-state index in [0.717, 1.165) is 4.47 Å². The largest absolute Gasteiger partial charge is 0.454 e. The first-order valence-corrected chi connectivity index (χ1v) is 13.8. The van der Waals surface area contributed by atoms with Crippen molar-refractivity contribution < 1.29 is 28.3 Å². The monoisotopic (exact) mass is 612 g/mol. The summed E-state index contributed by atoms with van der Waals surface area (Å²) in [5.74, 6) is -2.67. The lowest BCUT2D eigenvalue weighted by Crippen LogP contribution is -2.30. The van der Waals surface area contributed by atoms with Gasteiger partial charge in [-0.05, 0) is 73.5 Å². The molecule has 204 valence electrons. The Bertz CT molecular complexity index is 1720. The van der Waals surface area contributed by atoms with E-state index in [1.165, 1.54) is 29.2 Å². The summed E-state index contributed by atoms with van der Waals surface area (Å²) >= 11 is 3.42. The summed E-state index contributed by atoms with van der Waals surface area (Å²) in [6, 6.07) is 18.8. The zero-order chi connectivity index (χ0) is 28.7. The fourth-order valence-electron chi connectivity index (χ4n) is 5.28. The lowest BCUT2D eigenvalue weighted by molar-refractivity contribution is -0.122. The lowest BCUT2D eigenvalue weighted by atomic mass is 9.85. The third-order valence-corrected chi connectivity index (χ3v) is 7.91. The van der Waals surface area contributed by atoms with Crippen molar-refractivity contribution in [2.75, 3.05) is 11.5 Å². The minimum atomic E-state index is -0.715. The molecule has 2 amide bonds. The standard InChI is InChI=1S/C32H22BrFN2O5/c33-20-9-14-27-25(15-20)26(32(40)41-17-29(37)19-5-10-21(34)11-6-19)16-28(35-27)18-7-12-22(13-8-18)36-30(38)23-3-1-2-4-24(23)31(36)39/h1-2,5-16,23-24H,3-4,17H2. The van der Waals surface area contributed by atoms with Gasteiger partial charge in [-0.3, -0.25) is 19.3 Å². The number of pyridine rings is 1. The molecule has 2 heterocycles. The fraction of sp³-hybridized carbons (Fsp3) is 0.156. The lowest BCUT2D eigenvalue weighted by Gasteiger charge is -2.15. The predicted octanol–water partition coefficient (Wildman–Crippen LogP) is 6.30. The number of imide groups is 1. The molecule has 3 aromatic carbocycles. The first-order valence-electron chi connectivity index (χ1n) is 13.0. The van der Waals surface area contributed by atoms with Crippen molar-refractivity contribution >= 4 is 56.1 Å². The van der Waals surface area contributed by atoms with Crippen LogP contribution in [0.3, 0.4) is 0 Å². The van der Waals surface area contributed by atoms with Gasteiger partial charge in [0.2, 0.25) is 11.8 Å². The number of halogens is 2. The second-order valence-corrected chi connectivity index (χ2v) is 10.9.